The predicted octanol–water partition coefficient (Wildman–Crippen LogP) is 3.65. The second kappa shape index (κ2) is 10.1. The van der Waals surface area contributed by atoms with Crippen LogP contribution in [-0.2, 0) is 4.79 Å². The van der Waals surface area contributed by atoms with E-state index in [1.165, 1.54) is 6.07 Å². The Hall–Kier alpha value is -4.47. The molecule has 6 rings (SSSR count). The molecule has 1 aliphatic heterocycles. The average molecular weight is 510 g/mol. The molecule has 38 heavy (non-hydrogen) atoms. The average Bonchev–Trinajstić information content (AvgIpc) is 3.32. The van der Waals surface area contributed by atoms with Gasteiger partial charge >= 0.3 is 0 Å². The fourth-order valence-corrected chi connectivity index (χ4v) is 4.85. The number of aromatic nitrogens is 2. The maximum atomic E-state index is 13.1. The van der Waals surface area contributed by atoms with E-state index >= 15 is 0 Å². The highest BCUT2D eigenvalue weighted by Crippen LogP contribution is 2.33. The lowest BCUT2D eigenvalue weighted by atomic mass is 10.1. The van der Waals surface area contributed by atoms with E-state index in [2.05, 4.69) is 20.5 Å². The third-order valence-corrected chi connectivity index (χ3v) is 6.77. The zero-order valence-electron chi connectivity index (χ0n) is 20.9. The van der Waals surface area contributed by atoms with Crippen molar-refractivity contribution in [1.29, 1.82) is 0 Å². The predicted molar refractivity (Wildman–Crippen MR) is 147 cm³/mol. The third-order valence-electron chi connectivity index (χ3n) is 6.77. The molecule has 0 spiro atoms. The van der Waals surface area contributed by atoms with Crippen molar-refractivity contribution in [3.05, 3.63) is 83.3 Å². The first kappa shape index (κ1) is 23.9. The van der Waals surface area contributed by atoms with Crippen LogP contribution in [0, 0.1) is 0 Å². The van der Waals surface area contributed by atoms with Crippen molar-refractivity contribution in [1.82, 2.24) is 19.8 Å². The Balaban J connectivity index is 1.33. The van der Waals surface area contributed by atoms with Gasteiger partial charge in [0.05, 0.1) is 13.7 Å². The highest BCUT2D eigenvalue weighted by molar-refractivity contribution is 6.05. The van der Waals surface area contributed by atoms with Crippen LogP contribution in [-0.4, -0.2) is 60.2 Å². The molecule has 0 radical (unpaired) electrons. The number of pyridine rings is 2. The number of nitrogens with one attached hydrogen (secondary N) is 2. The summed E-state index contributed by atoms with van der Waals surface area (Å²) < 4.78 is 12.9. The van der Waals surface area contributed by atoms with Gasteiger partial charge in [-0.25, -0.2) is 4.98 Å². The topological polar surface area (TPSA) is 102 Å². The summed E-state index contributed by atoms with van der Waals surface area (Å²) >= 11 is 0. The van der Waals surface area contributed by atoms with E-state index in [9.17, 15) is 9.59 Å². The van der Waals surface area contributed by atoms with Crippen molar-refractivity contribution in [3.8, 4) is 22.7 Å². The quantitative estimate of drug-likeness (QED) is 0.360. The van der Waals surface area contributed by atoms with E-state index in [4.69, 9.17) is 9.15 Å². The molecule has 2 aromatic carbocycles. The molecule has 0 atom stereocenters. The van der Waals surface area contributed by atoms with Crippen LogP contribution in [0.3, 0.4) is 0 Å². The summed E-state index contributed by atoms with van der Waals surface area (Å²) in [7, 11) is 1.58. The van der Waals surface area contributed by atoms with Gasteiger partial charge in [-0.3, -0.25) is 19.1 Å². The van der Waals surface area contributed by atoms with Crippen LogP contribution in [0.15, 0.2) is 82.1 Å². The Kier molecular flexibility index (Phi) is 6.36. The first-order valence-electron chi connectivity index (χ1n) is 12.5. The van der Waals surface area contributed by atoms with Gasteiger partial charge in [-0.05, 0) is 54.1 Å². The minimum atomic E-state index is -0.174. The number of methoxy groups -OCH3 is 1. The van der Waals surface area contributed by atoms with Gasteiger partial charge in [0, 0.05) is 66.8 Å². The van der Waals surface area contributed by atoms with Crippen molar-refractivity contribution in [2.45, 2.75) is 0 Å². The molecule has 0 bridgehead atoms. The number of amides is 1. The number of hydrogen-bond acceptors (Lipinski definition) is 7. The molecule has 5 aromatic rings. The minimum absolute atomic E-state index is 0.0553. The molecular weight excluding hydrogens is 482 g/mol. The molecule has 192 valence electrons. The highest BCUT2D eigenvalue weighted by atomic mass is 16.5. The number of carbonyl (C=O) groups is 1. The van der Waals surface area contributed by atoms with Crippen LogP contribution in [0.2, 0.25) is 0 Å². The Bertz CT molecular complexity index is 1670. The summed E-state index contributed by atoms with van der Waals surface area (Å²) in [5.74, 6) is 0.487. The van der Waals surface area contributed by atoms with Crippen molar-refractivity contribution in [3.63, 3.8) is 0 Å². The number of fused-ring (bicyclic) bond motifs is 3. The lowest BCUT2D eigenvalue weighted by Gasteiger charge is -2.26. The van der Waals surface area contributed by atoms with Crippen LogP contribution in [0.25, 0.3) is 38.9 Å². The van der Waals surface area contributed by atoms with Crippen LogP contribution < -0.4 is 20.9 Å². The van der Waals surface area contributed by atoms with Gasteiger partial charge in [0.25, 0.3) is 5.56 Å². The molecule has 9 heteroatoms. The number of hydrogen-bond donors (Lipinski definition) is 2. The number of furan rings is 1. The second-order valence-corrected chi connectivity index (χ2v) is 9.24. The molecule has 0 saturated carbocycles. The maximum Gasteiger partial charge on any atom is 0.255 e. The summed E-state index contributed by atoms with van der Waals surface area (Å²) in [4.78, 5) is 32.0. The van der Waals surface area contributed by atoms with Gasteiger partial charge in [0.15, 0.2) is 5.58 Å². The van der Waals surface area contributed by atoms with Crippen molar-refractivity contribution in [2.24, 2.45) is 0 Å². The zero-order valence-corrected chi connectivity index (χ0v) is 20.9. The number of anilines is 1. The summed E-state index contributed by atoms with van der Waals surface area (Å²) in [5.41, 5.74) is 5.03. The lowest BCUT2D eigenvalue weighted by Crippen LogP contribution is -2.46. The molecule has 2 N–H and O–H groups in total. The molecule has 4 heterocycles. The summed E-state index contributed by atoms with van der Waals surface area (Å²) in [6, 6.07) is 20.1. The Morgan fingerprint density at radius 1 is 1.00 bits per heavy atom. The van der Waals surface area contributed by atoms with E-state index in [0.717, 1.165) is 42.7 Å². The van der Waals surface area contributed by atoms with Crippen LogP contribution in [0.1, 0.15) is 0 Å². The fraction of sp³-hybridized carbons (Fsp3) is 0.207. The van der Waals surface area contributed by atoms with Crippen LogP contribution >= 0.6 is 0 Å². The smallest absolute Gasteiger partial charge is 0.255 e. The van der Waals surface area contributed by atoms with Gasteiger partial charge < -0.3 is 19.8 Å². The van der Waals surface area contributed by atoms with Gasteiger partial charge in [-0.2, -0.15) is 0 Å². The number of carbonyl (C=O) groups excluding carboxylic acids is 1. The molecule has 1 fully saturated rings. The summed E-state index contributed by atoms with van der Waals surface area (Å²) in [5, 5.41) is 7.06. The van der Waals surface area contributed by atoms with Gasteiger partial charge in [-0.15, -0.1) is 0 Å². The highest BCUT2D eigenvalue weighted by Gasteiger charge is 2.16. The minimum Gasteiger partial charge on any atom is -0.481 e. The SMILES string of the molecule is COc1ccc(-c2ccc3oc4ccc(=O)n(-c5ccc(NC(=O)CN6CCNCC6)cc5)c4c3c2)cn1. The molecule has 1 amide bonds. The monoisotopic (exact) mass is 509 g/mol. The van der Waals surface area contributed by atoms with E-state index in [1.54, 1.807) is 23.9 Å². The van der Waals surface area contributed by atoms with Crippen molar-refractivity contribution in [2.75, 3.05) is 45.2 Å². The molecule has 3 aromatic heterocycles. The summed E-state index contributed by atoms with van der Waals surface area (Å²) in [6.07, 6.45) is 1.75. The van der Waals surface area contributed by atoms with Crippen LogP contribution in [0.4, 0.5) is 5.69 Å². The molecule has 1 saturated heterocycles. The van der Waals surface area contributed by atoms with E-state index in [1.807, 2.05) is 54.6 Å². The van der Waals surface area contributed by atoms with Gasteiger partial charge in [0.2, 0.25) is 11.8 Å². The second-order valence-electron chi connectivity index (χ2n) is 9.24. The molecule has 0 aliphatic carbocycles. The zero-order chi connectivity index (χ0) is 26.1. The Labute approximate surface area is 218 Å². The van der Waals surface area contributed by atoms with E-state index < -0.39 is 0 Å². The number of benzene rings is 2. The van der Waals surface area contributed by atoms with Crippen molar-refractivity contribution < 1.29 is 13.9 Å². The molecule has 1 aliphatic rings. The number of rotatable bonds is 6. The normalized spacial score (nSPS) is 14.1. The molecular formula is C29H27N5O4. The number of nitrogens with zero attached hydrogens (tertiary/aromatic N) is 3. The molecule has 0 unspecified atom stereocenters. The van der Waals surface area contributed by atoms with Crippen LogP contribution in [0.5, 0.6) is 5.88 Å². The lowest BCUT2D eigenvalue weighted by molar-refractivity contribution is -0.117. The number of piperazine rings is 1. The maximum absolute atomic E-state index is 13.1. The summed E-state index contributed by atoms with van der Waals surface area (Å²) in [6.45, 7) is 3.85. The first-order chi connectivity index (χ1) is 18.6. The standard InChI is InChI=1S/C29H27N5O4/c1-37-27-10-3-20(17-31-27)19-2-8-24-23(16-19)29-25(38-24)9-11-28(36)34(29)22-6-4-21(5-7-22)32-26(35)18-33-14-12-30-13-15-33/h2-11,16-17,30H,12-15,18H2,1H3,(H,32,35). The number of ether oxygens (including phenoxy) is 1. The molecule has 9 nitrogen and oxygen atoms in total. The third kappa shape index (κ3) is 4.65. The van der Waals surface area contributed by atoms with Gasteiger partial charge in [0.1, 0.15) is 11.1 Å². The first-order valence-corrected chi connectivity index (χ1v) is 12.5. The largest absolute Gasteiger partial charge is 0.481 e. The van der Waals surface area contributed by atoms with Gasteiger partial charge in [-0.1, -0.05) is 6.07 Å². The van der Waals surface area contributed by atoms with E-state index in [0.29, 0.717) is 40.5 Å². The van der Waals surface area contributed by atoms with Crippen molar-refractivity contribution >= 4 is 33.7 Å². The Morgan fingerprint density at radius 3 is 2.50 bits per heavy atom. The van der Waals surface area contributed by atoms with E-state index in [-0.39, 0.29) is 11.5 Å². The fourth-order valence-electron chi connectivity index (χ4n) is 4.85. The Morgan fingerprint density at radius 2 is 1.76 bits per heavy atom.